The molecule has 2 aromatic carbocycles. The van der Waals surface area contributed by atoms with Crippen molar-refractivity contribution in [2.24, 2.45) is 0 Å². The number of phenolic OH excluding ortho intramolecular Hbond substituents is 1. The number of thioether (sulfide) groups is 1. The molecular formula is C15H13FO2S. The first-order valence-electron chi connectivity index (χ1n) is 5.78. The number of rotatable bonds is 4. The highest BCUT2D eigenvalue weighted by atomic mass is 32.2. The zero-order valence-corrected chi connectivity index (χ0v) is 11.2. The molecule has 4 heteroatoms. The van der Waals surface area contributed by atoms with Crippen molar-refractivity contribution in [3.63, 3.8) is 0 Å². The van der Waals surface area contributed by atoms with Gasteiger partial charge in [-0.2, -0.15) is 0 Å². The largest absolute Gasteiger partial charge is 0.507 e. The molecule has 0 saturated carbocycles. The first kappa shape index (κ1) is 13.6. The maximum Gasteiger partial charge on any atom is 0.163 e. The molecule has 0 radical (unpaired) electrons. The smallest absolute Gasteiger partial charge is 0.163 e. The number of benzene rings is 2. The predicted octanol–water partition coefficient (Wildman–Crippen LogP) is 4.03. The minimum absolute atomic E-state index is 0.0312. The van der Waals surface area contributed by atoms with E-state index in [0.29, 0.717) is 11.3 Å². The van der Waals surface area contributed by atoms with Gasteiger partial charge < -0.3 is 5.11 Å². The van der Waals surface area contributed by atoms with Crippen molar-refractivity contribution in [2.45, 2.75) is 17.6 Å². The van der Waals surface area contributed by atoms with Gasteiger partial charge in [-0.15, -0.1) is 11.8 Å². The second-order valence-electron chi connectivity index (χ2n) is 4.12. The molecule has 0 aliphatic carbocycles. The summed E-state index contributed by atoms with van der Waals surface area (Å²) in [5.41, 5.74) is 0.461. The zero-order valence-electron chi connectivity index (χ0n) is 10.4. The maximum atomic E-state index is 13.4. The average molecular weight is 276 g/mol. The van der Waals surface area contributed by atoms with E-state index in [2.05, 4.69) is 0 Å². The maximum absolute atomic E-state index is 13.4. The number of aromatic hydroxyl groups is 1. The lowest BCUT2D eigenvalue weighted by atomic mass is 10.1. The van der Waals surface area contributed by atoms with Crippen molar-refractivity contribution in [3.8, 4) is 5.75 Å². The van der Waals surface area contributed by atoms with Crippen LogP contribution in [0.15, 0.2) is 47.4 Å². The summed E-state index contributed by atoms with van der Waals surface area (Å²) in [6.07, 6.45) is 0. The van der Waals surface area contributed by atoms with Crippen LogP contribution in [-0.4, -0.2) is 10.9 Å². The van der Waals surface area contributed by atoms with Gasteiger partial charge in [0.05, 0.1) is 5.56 Å². The number of ketones is 1. The molecule has 19 heavy (non-hydrogen) atoms. The topological polar surface area (TPSA) is 37.3 Å². The van der Waals surface area contributed by atoms with E-state index in [-0.39, 0.29) is 17.1 Å². The van der Waals surface area contributed by atoms with Crippen LogP contribution < -0.4 is 0 Å². The van der Waals surface area contributed by atoms with Crippen molar-refractivity contribution in [1.29, 1.82) is 0 Å². The molecule has 0 heterocycles. The van der Waals surface area contributed by atoms with Crippen molar-refractivity contribution in [2.75, 3.05) is 0 Å². The van der Waals surface area contributed by atoms with Crippen molar-refractivity contribution < 1.29 is 14.3 Å². The van der Waals surface area contributed by atoms with Crippen LogP contribution >= 0.6 is 11.8 Å². The summed E-state index contributed by atoms with van der Waals surface area (Å²) in [7, 11) is 0. The van der Waals surface area contributed by atoms with Crippen LogP contribution in [0.25, 0.3) is 0 Å². The third-order valence-electron chi connectivity index (χ3n) is 2.67. The van der Waals surface area contributed by atoms with Crippen molar-refractivity contribution in [3.05, 3.63) is 59.4 Å². The van der Waals surface area contributed by atoms with Crippen LogP contribution in [0.1, 0.15) is 22.8 Å². The summed E-state index contributed by atoms with van der Waals surface area (Å²) in [5, 5.41) is 9.96. The lowest BCUT2D eigenvalue weighted by molar-refractivity contribution is 0.101. The molecule has 0 unspecified atom stereocenters. The van der Waals surface area contributed by atoms with Crippen molar-refractivity contribution >= 4 is 17.5 Å². The van der Waals surface area contributed by atoms with Crippen LogP contribution in [0.4, 0.5) is 4.39 Å². The number of hydrogen-bond donors (Lipinski definition) is 1. The summed E-state index contributed by atoms with van der Waals surface area (Å²) < 4.78 is 13.4. The Kier molecular flexibility index (Phi) is 4.22. The second kappa shape index (κ2) is 5.89. The van der Waals surface area contributed by atoms with Crippen LogP contribution in [0.5, 0.6) is 5.75 Å². The van der Waals surface area contributed by atoms with E-state index < -0.39 is 5.82 Å². The molecule has 1 N–H and O–H groups in total. The Balaban J connectivity index is 2.23. The van der Waals surface area contributed by atoms with Gasteiger partial charge in [0.2, 0.25) is 0 Å². The van der Waals surface area contributed by atoms with Crippen LogP contribution in [-0.2, 0) is 5.75 Å². The van der Waals surface area contributed by atoms with Crippen LogP contribution in [0.2, 0.25) is 0 Å². The standard InChI is InChI=1S/C15H13FO2S/c1-10(17)14-8-12(16)7-11(15(14)18)9-19-13-5-3-2-4-6-13/h2-8,18H,9H2,1H3. The molecule has 0 atom stereocenters. The summed E-state index contributed by atoms with van der Waals surface area (Å²) in [6.45, 7) is 1.31. The van der Waals surface area contributed by atoms with E-state index in [4.69, 9.17) is 0 Å². The molecule has 0 bridgehead atoms. The fraction of sp³-hybridized carbons (Fsp3) is 0.133. The highest BCUT2D eigenvalue weighted by Gasteiger charge is 2.13. The Labute approximate surface area is 115 Å². The molecule has 0 spiro atoms. The van der Waals surface area contributed by atoms with Gasteiger partial charge in [-0.1, -0.05) is 18.2 Å². The zero-order chi connectivity index (χ0) is 13.8. The number of phenols is 1. The molecule has 2 rings (SSSR count). The summed E-state index contributed by atoms with van der Waals surface area (Å²) in [6, 6.07) is 11.9. The Morgan fingerprint density at radius 1 is 1.26 bits per heavy atom. The third kappa shape index (κ3) is 3.35. The number of hydrogen-bond acceptors (Lipinski definition) is 3. The fourth-order valence-electron chi connectivity index (χ4n) is 1.71. The van der Waals surface area contributed by atoms with Gasteiger partial charge in [-0.25, -0.2) is 4.39 Å². The molecule has 0 saturated heterocycles. The molecular weight excluding hydrogens is 263 g/mol. The summed E-state index contributed by atoms with van der Waals surface area (Å²) in [5.74, 6) is -0.569. The van der Waals surface area contributed by atoms with Gasteiger partial charge in [0, 0.05) is 16.2 Å². The minimum Gasteiger partial charge on any atom is -0.507 e. The average Bonchev–Trinajstić information content (AvgIpc) is 2.40. The molecule has 2 nitrogen and oxygen atoms in total. The molecule has 98 valence electrons. The van der Waals surface area contributed by atoms with Crippen molar-refractivity contribution in [1.82, 2.24) is 0 Å². The normalized spacial score (nSPS) is 10.4. The number of carbonyl (C=O) groups excluding carboxylic acids is 1. The van der Waals surface area contributed by atoms with Gasteiger partial charge in [0.1, 0.15) is 11.6 Å². The van der Waals surface area contributed by atoms with Gasteiger partial charge in [0.25, 0.3) is 0 Å². The highest BCUT2D eigenvalue weighted by Crippen LogP contribution is 2.30. The molecule has 0 amide bonds. The Bertz CT molecular complexity index is 597. The molecule has 0 fully saturated rings. The van der Waals surface area contributed by atoms with Gasteiger partial charge >= 0.3 is 0 Å². The Morgan fingerprint density at radius 2 is 1.95 bits per heavy atom. The van der Waals surface area contributed by atoms with Crippen LogP contribution in [0.3, 0.4) is 0 Å². The summed E-state index contributed by atoms with van der Waals surface area (Å²) in [4.78, 5) is 12.3. The first-order valence-corrected chi connectivity index (χ1v) is 6.76. The SMILES string of the molecule is CC(=O)c1cc(F)cc(CSc2ccccc2)c1O. The lowest BCUT2D eigenvalue weighted by Gasteiger charge is -2.08. The predicted molar refractivity (Wildman–Crippen MR) is 74.1 cm³/mol. The minimum atomic E-state index is -0.508. The van der Waals surface area contributed by atoms with E-state index in [1.807, 2.05) is 30.3 Å². The fourth-order valence-corrected chi connectivity index (χ4v) is 2.60. The second-order valence-corrected chi connectivity index (χ2v) is 5.17. The number of halogens is 1. The van der Waals surface area contributed by atoms with Gasteiger partial charge in [-0.3, -0.25) is 4.79 Å². The van der Waals surface area contributed by atoms with Crippen LogP contribution in [0, 0.1) is 5.82 Å². The number of carbonyl (C=O) groups is 1. The van der Waals surface area contributed by atoms with Gasteiger partial charge in [0.15, 0.2) is 5.78 Å². The molecule has 0 aliphatic rings. The molecule has 0 aromatic heterocycles. The first-order chi connectivity index (χ1) is 9.08. The third-order valence-corrected chi connectivity index (χ3v) is 3.73. The van der Waals surface area contributed by atoms with E-state index in [1.54, 1.807) is 0 Å². The van der Waals surface area contributed by atoms with E-state index in [1.165, 1.54) is 24.8 Å². The highest BCUT2D eigenvalue weighted by molar-refractivity contribution is 7.98. The Hall–Kier alpha value is -1.81. The van der Waals surface area contributed by atoms with Gasteiger partial charge in [-0.05, 0) is 31.2 Å². The Morgan fingerprint density at radius 3 is 2.58 bits per heavy atom. The number of Topliss-reactive ketones (excluding diaryl/α,β-unsaturated/α-hetero) is 1. The quantitative estimate of drug-likeness (QED) is 0.676. The summed E-state index contributed by atoms with van der Waals surface area (Å²) >= 11 is 1.48. The lowest BCUT2D eigenvalue weighted by Crippen LogP contribution is -1.97. The monoisotopic (exact) mass is 276 g/mol. The molecule has 2 aromatic rings. The van der Waals surface area contributed by atoms with E-state index in [0.717, 1.165) is 11.0 Å². The molecule has 0 aliphatic heterocycles. The van der Waals surface area contributed by atoms with E-state index in [9.17, 15) is 14.3 Å². The van der Waals surface area contributed by atoms with E-state index >= 15 is 0 Å².